The Balaban J connectivity index is 1.96. The Kier molecular flexibility index (Phi) is 9.18. The number of carbonyl (C=O) groups excluding carboxylic acids is 2. The monoisotopic (exact) mass is 502 g/mol. The smallest absolute Gasteiger partial charge is 0.228 e. The molecule has 31 heavy (non-hydrogen) atoms. The Morgan fingerprint density at radius 2 is 1.52 bits per heavy atom. The fourth-order valence-corrected chi connectivity index (χ4v) is 3.04. The highest BCUT2D eigenvalue weighted by Gasteiger charge is 2.34. The highest BCUT2D eigenvalue weighted by atomic mass is 35.6. The maximum absolute atomic E-state index is 12.4. The number of halogens is 3. The van der Waals surface area contributed by atoms with E-state index in [-0.39, 0.29) is 23.3 Å². The molecule has 0 radical (unpaired) electrons. The topological polar surface area (TPSA) is 91.5 Å². The summed E-state index contributed by atoms with van der Waals surface area (Å²) in [7, 11) is 1.56. The van der Waals surface area contributed by atoms with E-state index in [0.29, 0.717) is 17.1 Å². The summed E-state index contributed by atoms with van der Waals surface area (Å²) in [4.78, 5) is 23.5. The largest absolute Gasteiger partial charge is 0.497 e. The molecule has 0 bridgehead atoms. The normalized spacial score (nSPS) is 11.8. The molecule has 2 aromatic rings. The number of methoxy groups -OCH3 is 1. The van der Waals surface area contributed by atoms with Crippen LogP contribution in [0, 0.1) is 0 Å². The summed E-state index contributed by atoms with van der Waals surface area (Å²) in [6.07, 6.45) is -1.00. The predicted octanol–water partition coefficient (Wildman–Crippen LogP) is 4.00. The van der Waals surface area contributed by atoms with Gasteiger partial charge in [0, 0.05) is 18.3 Å². The van der Waals surface area contributed by atoms with Gasteiger partial charge in [0.2, 0.25) is 15.6 Å². The average molecular weight is 504 g/mol. The van der Waals surface area contributed by atoms with Gasteiger partial charge in [-0.25, -0.2) is 0 Å². The molecule has 0 fully saturated rings. The van der Waals surface area contributed by atoms with E-state index >= 15 is 0 Å². The van der Waals surface area contributed by atoms with Gasteiger partial charge in [-0.2, -0.15) is 0 Å². The molecule has 166 valence electrons. The van der Waals surface area contributed by atoms with Crippen molar-refractivity contribution in [3.05, 3.63) is 54.1 Å². The molecule has 0 aromatic heterocycles. The van der Waals surface area contributed by atoms with Crippen molar-refractivity contribution in [3.63, 3.8) is 0 Å². The quantitative estimate of drug-likeness (QED) is 0.259. The SMILES string of the molecule is COc1ccc(CC(=O)NC(NC(=S)Nc2ccc(NC(C)=O)cc2)C(Cl)(Cl)Cl)cc1. The third kappa shape index (κ3) is 8.78. The lowest BCUT2D eigenvalue weighted by atomic mass is 10.1. The van der Waals surface area contributed by atoms with Crippen molar-refractivity contribution in [1.82, 2.24) is 10.6 Å². The summed E-state index contributed by atoms with van der Waals surface area (Å²) < 4.78 is 3.23. The van der Waals surface area contributed by atoms with Crippen molar-refractivity contribution in [2.75, 3.05) is 17.7 Å². The summed E-state index contributed by atoms with van der Waals surface area (Å²) >= 11 is 23.3. The molecule has 2 aromatic carbocycles. The van der Waals surface area contributed by atoms with Crippen molar-refractivity contribution >= 4 is 75.3 Å². The number of nitrogens with one attached hydrogen (secondary N) is 4. The van der Waals surface area contributed by atoms with Gasteiger partial charge < -0.3 is 26.0 Å². The van der Waals surface area contributed by atoms with Gasteiger partial charge in [-0.3, -0.25) is 9.59 Å². The minimum atomic E-state index is -1.86. The van der Waals surface area contributed by atoms with Crippen LogP contribution in [0.25, 0.3) is 0 Å². The van der Waals surface area contributed by atoms with Crippen molar-refractivity contribution in [1.29, 1.82) is 0 Å². The van der Waals surface area contributed by atoms with Crippen LogP contribution < -0.4 is 26.0 Å². The molecule has 0 spiro atoms. The second-order valence-corrected chi connectivity index (χ2v) is 9.20. The Bertz CT molecular complexity index is 919. The molecule has 7 nitrogen and oxygen atoms in total. The number of rotatable bonds is 7. The number of hydrogen-bond donors (Lipinski definition) is 4. The first-order valence-corrected chi connectivity index (χ1v) is 10.5. The first-order chi connectivity index (χ1) is 14.6. The fraction of sp³-hybridized carbons (Fsp3) is 0.250. The molecule has 0 aliphatic rings. The van der Waals surface area contributed by atoms with E-state index in [9.17, 15) is 9.59 Å². The fourth-order valence-electron chi connectivity index (χ4n) is 2.48. The summed E-state index contributed by atoms with van der Waals surface area (Å²) in [6.45, 7) is 1.42. The molecule has 0 aliphatic heterocycles. The molecule has 0 aliphatic carbocycles. The van der Waals surface area contributed by atoms with Crippen LogP contribution in [0.3, 0.4) is 0 Å². The summed E-state index contributed by atoms with van der Waals surface area (Å²) in [5, 5.41) is 11.1. The van der Waals surface area contributed by atoms with Crippen LogP contribution >= 0.6 is 47.0 Å². The average Bonchev–Trinajstić information content (AvgIpc) is 2.68. The number of thiocarbonyl (C=S) groups is 1. The maximum Gasteiger partial charge on any atom is 0.228 e. The Hall–Kier alpha value is -2.26. The van der Waals surface area contributed by atoms with Gasteiger partial charge in [0.25, 0.3) is 0 Å². The number of benzene rings is 2. The Morgan fingerprint density at radius 3 is 2.00 bits per heavy atom. The lowest BCUT2D eigenvalue weighted by Gasteiger charge is -2.27. The summed E-state index contributed by atoms with van der Waals surface area (Å²) in [6, 6.07) is 13.9. The van der Waals surface area contributed by atoms with Crippen molar-refractivity contribution in [2.45, 2.75) is 23.3 Å². The zero-order valence-corrected chi connectivity index (χ0v) is 19.8. The maximum atomic E-state index is 12.4. The van der Waals surface area contributed by atoms with Gasteiger partial charge in [-0.15, -0.1) is 0 Å². The minimum absolute atomic E-state index is 0.0771. The number of amides is 2. The Morgan fingerprint density at radius 1 is 0.968 bits per heavy atom. The van der Waals surface area contributed by atoms with E-state index in [0.717, 1.165) is 5.56 Å². The van der Waals surface area contributed by atoms with Crippen LogP contribution in [0.15, 0.2) is 48.5 Å². The van der Waals surface area contributed by atoms with E-state index < -0.39 is 9.96 Å². The predicted molar refractivity (Wildman–Crippen MR) is 129 cm³/mol. The van der Waals surface area contributed by atoms with Crippen LogP contribution in [0.5, 0.6) is 5.75 Å². The molecule has 1 atom stereocenters. The van der Waals surface area contributed by atoms with Crippen LogP contribution in [0.4, 0.5) is 11.4 Å². The third-order valence-corrected chi connectivity index (χ3v) is 4.77. The zero-order valence-electron chi connectivity index (χ0n) is 16.7. The van der Waals surface area contributed by atoms with Gasteiger partial charge in [0.1, 0.15) is 11.9 Å². The first kappa shape index (κ1) is 25.0. The van der Waals surface area contributed by atoms with Crippen molar-refractivity contribution in [3.8, 4) is 5.75 Å². The van der Waals surface area contributed by atoms with Crippen LogP contribution in [-0.4, -0.2) is 34.0 Å². The van der Waals surface area contributed by atoms with Crippen molar-refractivity contribution in [2.24, 2.45) is 0 Å². The van der Waals surface area contributed by atoms with Crippen LogP contribution in [-0.2, 0) is 16.0 Å². The number of ether oxygens (including phenoxy) is 1. The second kappa shape index (κ2) is 11.4. The van der Waals surface area contributed by atoms with E-state index in [4.69, 9.17) is 51.8 Å². The molecular weight excluding hydrogens is 483 g/mol. The Labute approximate surface area is 200 Å². The van der Waals surface area contributed by atoms with Gasteiger partial charge >= 0.3 is 0 Å². The molecule has 2 rings (SSSR count). The molecular formula is C20H21Cl3N4O3S. The van der Waals surface area contributed by atoms with E-state index in [1.54, 1.807) is 55.6 Å². The van der Waals surface area contributed by atoms with E-state index in [2.05, 4.69) is 21.3 Å². The van der Waals surface area contributed by atoms with Crippen LogP contribution in [0.2, 0.25) is 0 Å². The minimum Gasteiger partial charge on any atom is -0.497 e. The molecule has 4 N–H and O–H groups in total. The van der Waals surface area contributed by atoms with E-state index in [1.807, 2.05) is 0 Å². The lowest BCUT2D eigenvalue weighted by molar-refractivity contribution is -0.121. The van der Waals surface area contributed by atoms with Gasteiger partial charge in [0.15, 0.2) is 5.11 Å². The second-order valence-electron chi connectivity index (χ2n) is 6.42. The number of carbonyl (C=O) groups is 2. The molecule has 0 heterocycles. The molecule has 1 unspecified atom stereocenters. The lowest BCUT2D eigenvalue weighted by Crippen LogP contribution is -2.56. The zero-order chi connectivity index (χ0) is 23.0. The summed E-state index contributed by atoms with van der Waals surface area (Å²) in [5.74, 6) is 0.150. The standard InChI is InChI=1S/C20H21Cl3N4O3S/c1-12(28)24-14-5-7-15(8-6-14)25-19(31)27-18(20(21,22)23)26-17(29)11-13-3-9-16(30-2)10-4-13/h3-10,18H,11H2,1-2H3,(H,24,28)(H,26,29)(H2,25,27,31). The molecule has 0 saturated heterocycles. The molecule has 2 amide bonds. The van der Waals surface area contributed by atoms with Crippen LogP contribution in [0.1, 0.15) is 12.5 Å². The number of alkyl halides is 3. The highest BCUT2D eigenvalue weighted by molar-refractivity contribution is 7.80. The van der Waals surface area contributed by atoms with Gasteiger partial charge in [-0.05, 0) is 54.2 Å². The number of hydrogen-bond acceptors (Lipinski definition) is 4. The third-order valence-electron chi connectivity index (χ3n) is 3.89. The first-order valence-electron chi connectivity index (χ1n) is 9.01. The molecule has 11 heteroatoms. The number of anilines is 2. The van der Waals surface area contributed by atoms with E-state index in [1.165, 1.54) is 6.92 Å². The highest BCUT2D eigenvalue weighted by Crippen LogP contribution is 2.29. The summed E-state index contributed by atoms with van der Waals surface area (Å²) in [5.41, 5.74) is 2.04. The van der Waals surface area contributed by atoms with Gasteiger partial charge in [0.05, 0.1) is 13.5 Å². The molecule has 0 saturated carbocycles. The van der Waals surface area contributed by atoms with Crippen molar-refractivity contribution < 1.29 is 14.3 Å². The van der Waals surface area contributed by atoms with Gasteiger partial charge in [-0.1, -0.05) is 46.9 Å².